The minimum Gasteiger partial charge on any atom is -0.477 e. The van der Waals surface area contributed by atoms with Crippen LogP contribution in [0.5, 0.6) is 0 Å². The molecule has 1 aromatic heterocycles. The van der Waals surface area contributed by atoms with Gasteiger partial charge in [0.05, 0.1) is 10.7 Å². The first-order chi connectivity index (χ1) is 10.5. The fourth-order valence-electron chi connectivity index (χ4n) is 1.92. The molecular weight excluding hydrogens is 296 g/mol. The van der Waals surface area contributed by atoms with Crippen molar-refractivity contribution in [2.75, 3.05) is 20.6 Å². The summed E-state index contributed by atoms with van der Waals surface area (Å²) in [4.78, 5) is 18.2. The molecule has 22 heavy (non-hydrogen) atoms. The Bertz CT molecular complexity index is 672. The summed E-state index contributed by atoms with van der Waals surface area (Å²) < 4.78 is 0. The number of carbonyl (C=O) groups is 1. The largest absolute Gasteiger partial charge is 0.477 e. The number of nitrogens with zero attached hydrogens (tertiary/aromatic N) is 2. The average molecular weight is 316 g/mol. The number of hydrogen-bond donors (Lipinski definition) is 1. The summed E-state index contributed by atoms with van der Waals surface area (Å²) in [6.45, 7) is 2.89. The van der Waals surface area contributed by atoms with Gasteiger partial charge in [-0.1, -0.05) is 35.9 Å². The third-order valence-corrected chi connectivity index (χ3v) is 4.29. The molecule has 2 aromatic rings. The van der Waals surface area contributed by atoms with Crippen LogP contribution in [0.25, 0.3) is 12.2 Å². The van der Waals surface area contributed by atoms with E-state index in [-0.39, 0.29) is 0 Å². The fraction of sp³-hybridized carbons (Fsp3) is 0.294. The lowest BCUT2D eigenvalue weighted by atomic mass is 10.1. The first kappa shape index (κ1) is 16.4. The Morgan fingerprint density at radius 2 is 1.95 bits per heavy atom. The zero-order chi connectivity index (χ0) is 16.1. The van der Waals surface area contributed by atoms with E-state index in [0.29, 0.717) is 10.6 Å². The van der Waals surface area contributed by atoms with E-state index in [9.17, 15) is 9.90 Å². The molecule has 0 unspecified atom stereocenters. The highest BCUT2D eigenvalue weighted by atomic mass is 32.1. The second kappa shape index (κ2) is 7.33. The first-order valence-electron chi connectivity index (χ1n) is 7.08. The lowest BCUT2D eigenvalue weighted by Gasteiger charge is -2.06. The number of aromatic carboxylic acids is 1. The van der Waals surface area contributed by atoms with Crippen LogP contribution in [0.4, 0.5) is 0 Å². The SMILES string of the molecule is Cc1ccc(/C=C/c2nc(CCN(C)C)sc2C(=O)O)cc1. The molecule has 0 aliphatic heterocycles. The van der Waals surface area contributed by atoms with E-state index in [4.69, 9.17) is 0 Å². The number of hydrogen-bond acceptors (Lipinski definition) is 4. The monoisotopic (exact) mass is 316 g/mol. The van der Waals surface area contributed by atoms with Crippen molar-refractivity contribution in [3.8, 4) is 0 Å². The van der Waals surface area contributed by atoms with E-state index >= 15 is 0 Å². The van der Waals surface area contributed by atoms with E-state index in [1.165, 1.54) is 16.9 Å². The average Bonchev–Trinajstić information content (AvgIpc) is 2.88. The van der Waals surface area contributed by atoms with E-state index in [1.807, 2.05) is 51.4 Å². The predicted octanol–water partition coefficient (Wildman–Crippen LogP) is 3.42. The molecule has 5 heteroatoms. The van der Waals surface area contributed by atoms with Gasteiger partial charge in [-0.05, 0) is 32.7 Å². The Kier molecular flexibility index (Phi) is 5.46. The summed E-state index contributed by atoms with van der Waals surface area (Å²) in [5.74, 6) is -0.919. The lowest BCUT2D eigenvalue weighted by Crippen LogP contribution is -2.14. The molecule has 1 N–H and O–H groups in total. The third kappa shape index (κ3) is 4.51. The van der Waals surface area contributed by atoms with E-state index in [0.717, 1.165) is 23.5 Å². The summed E-state index contributed by atoms with van der Waals surface area (Å²) in [6, 6.07) is 8.07. The summed E-state index contributed by atoms with van der Waals surface area (Å²) in [5, 5.41) is 10.2. The van der Waals surface area contributed by atoms with E-state index in [1.54, 1.807) is 6.08 Å². The molecular formula is C17H20N2O2S. The molecule has 0 spiro atoms. The Balaban J connectivity index is 2.21. The first-order valence-corrected chi connectivity index (χ1v) is 7.90. The van der Waals surface area contributed by atoms with Gasteiger partial charge in [-0.3, -0.25) is 0 Å². The van der Waals surface area contributed by atoms with Crippen molar-refractivity contribution in [2.45, 2.75) is 13.3 Å². The van der Waals surface area contributed by atoms with Crippen molar-refractivity contribution in [1.82, 2.24) is 9.88 Å². The van der Waals surface area contributed by atoms with Crippen molar-refractivity contribution in [2.24, 2.45) is 0 Å². The van der Waals surface area contributed by atoms with Crippen LogP contribution >= 0.6 is 11.3 Å². The van der Waals surface area contributed by atoms with Crippen molar-refractivity contribution < 1.29 is 9.90 Å². The molecule has 0 radical (unpaired) electrons. The number of carboxylic acids is 1. The van der Waals surface area contributed by atoms with Crippen LogP contribution in [0.15, 0.2) is 24.3 Å². The van der Waals surface area contributed by atoms with Crippen molar-refractivity contribution in [1.29, 1.82) is 0 Å². The molecule has 0 saturated carbocycles. The topological polar surface area (TPSA) is 53.4 Å². The van der Waals surface area contributed by atoms with E-state index < -0.39 is 5.97 Å². The number of thiazole rings is 1. The Morgan fingerprint density at radius 1 is 1.27 bits per heavy atom. The fourth-order valence-corrected chi connectivity index (χ4v) is 2.80. The number of likely N-dealkylation sites (N-methyl/N-ethyl adjacent to an activating group) is 1. The molecule has 0 aliphatic carbocycles. The highest BCUT2D eigenvalue weighted by Crippen LogP contribution is 2.21. The standard InChI is InChI=1S/C17H20N2O2S/c1-12-4-6-13(7-5-12)8-9-14-16(17(20)21)22-15(18-14)10-11-19(2)3/h4-9H,10-11H2,1-3H3,(H,20,21)/b9-8+. The van der Waals surface area contributed by atoms with Crippen molar-refractivity contribution in [3.63, 3.8) is 0 Å². The molecule has 0 amide bonds. The second-order valence-electron chi connectivity index (χ2n) is 5.42. The molecule has 1 heterocycles. The number of rotatable bonds is 6. The maximum atomic E-state index is 11.4. The zero-order valence-electron chi connectivity index (χ0n) is 13.0. The van der Waals surface area contributed by atoms with Crippen LogP contribution in [0.1, 0.15) is 31.5 Å². The van der Waals surface area contributed by atoms with E-state index in [2.05, 4.69) is 9.88 Å². The number of carboxylic acid groups (broad SMARTS) is 1. The predicted molar refractivity (Wildman–Crippen MR) is 91.4 cm³/mol. The minimum atomic E-state index is -0.919. The van der Waals surface area contributed by atoms with Crippen LogP contribution in [-0.4, -0.2) is 41.6 Å². The van der Waals surface area contributed by atoms with Gasteiger partial charge in [-0.25, -0.2) is 9.78 Å². The Hall–Kier alpha value is -1.98. The van der Waals surface area contributed by atoms with Crippen LogP contribution < -0.4 is 0 Å². The molecule has 0 bridgehead atoms. The summed E-state index contributed by atoms with van der Waals surface area (Å²) in [7, 11) is 3.98. The Labute approximate surface area is 134 Å². The third-order valence-electron chi connectivity index (χ3n) is 3.18. The van der Waals surface area contributed by atoms with Crippen LogP contribution in [0.3, 0.4) is 0 Å². The number of aryl methyl sites for hydroxylation is 1. The van der Waals surface area contributed by atoms with Crippen molar-refractivity contribution in [3.05, 3.63) is 51.0 Å². The van der Waals surface area contributed by atoms with Gasteiger partial charge < -0.3 is 10.0 Å². The highest BCUT2D eigenvalue weighted by Gasteiger charge is 2.15. The van der Waals surface area contributed by atoms with Gasteiger partial charge in [-0.2, -0.15) is 0 Å². The highest BCUT2D eigenvalue weighted by molar-refractivity contribution is 7.13. The van der Waals surface area contributed by atoms with Crippen molar-refractivity contribution >= 4 is 29.5 Å². The molecule has 0 aliphatic rings. The quantitative estimate of drug-likeness (QED) is 0.887. The summed E-state index contributed by atoms with van der Waals surface area (Å²) in [6.07, 6.45) is 4.44. The van der Waals surface area contributed by atoms with Crippen LogP contribution in [-0.2, 0) is 6.42 Å². The number of benzene rings is 1. The van der Waals surface area contributed by atoms with Gasteiger partial charge >= 0.3 is 5.97 Å². The summed E-state index contributed by atoms with van der Waals surface area (Å²) >= 11 is 1.26. The molecule has 2 rings (SSSR count). The molecule has 1 aromatic carbocycles. The maximum Gasteiger partial charge on any atom is 0.348 e. The number of aromatic nitrogens is 1. The van der Waals surface area contributed by atoms with Crippen LogP contribution in [0, 0.1) is 6.92 Å². The molecule has 0 saturated heterocycles. The van der Waals surface area contributed by atoms with Gasteiger partial charge in [0.1, 0.15) is 4.88 Å². The van der Waals surface area contributed by atoms with Crippen LogP contribution in [0.2, 0.25) is 0 Å². The molecule has 0 atom stereocenters. The summed E-state index contributed by atoms with van der Waals surface area (Å²) in [5.41, 5.74) is 2.76. The molecule has 116 valence electrons. The van der Waals surface area contributed by atoms with Gasteiger partial charge in [-0.15, -0.1) is 11.3 Å². The molecule has 4 nitrogen and oxygen atoms in total. The minimum absolute atomic E-state index is 0.303. The second-order valence-corrected chi connectivity index (χ2v) is 6.51. The molecule has 0 fully saturated rings. The lowest BCUT2D eigenvalue weighted by molar-refractivity contribution is 0.0701. The normalized spacial score (nSPS) is 11.5. The van der Waals surface area contributed by atoms with Gasteiger partial charge in [0, 0.05) is 13.0 Å². The van der Waals surface area contributed by atoms with Gasteiger partial charge in [0.25, 0.3) is 0 Å². The maximum absolute atomic E-state index is 11.4. The van der Waals surface area contributed by atoms with Gasteiger partial charge in [0.15, 0.2) is 0 Å². The van der Waals surface area contributed by atoms with Gasteiger partial charge in [0.2, 0.25) is 0 Å². The zero-order valence-corrected chi connectivity index (χ0v) is 13.9. The smallest absolute Gasteiger partial charge is 0.348 e. The Morgan fingerprint density at radius 3 is 2.55 bits per heavy atom.